The molecule has 0 amide bonds. The minimum Gasteiger partial charge on any atom is -0.302 e. The molecule has 0 saturated carbocycles. The van der Waals surface area contributed by atoms with Crippen LogP contribution in [0.5, 0.6) is 0 Å². The highest BCUT2D eigenvalue weighted by atomic mass is 35.5. The molecule has 0 aromatic heterocycles. The van der Waals surface area contributed by atoms with Crippen molar-refractivity contribution in [3.05, 3.63) is 39.9 Å². The third-order valence-corrected chi connectivity index (χ3v) is 3.17. The highest BCUT2D eigenvalue weighted by molar-refractivity contribution is 6.21. The van der Waals surface area contributed by atoms with Crippen LogP contribution in [0.2, 0.25) is 0 Å². The van der Waals surface area contributed by atoms with Crippen molar-refractivity contribution in [2.45, 2.75) is 19.2 Å². The van der Waals surface area contributed by atoms with E-state index in [1.165, 1.54) is 12.1 Å². The Morgan fingerprint density at radius 2 is 1.82 bits per heavy atom. The van der Waals surface area contributed by atoms with Gasteiger partial charge in [-0.05, 0) is 18.7 Å². The van der Waals surface area contributed by atoms with E-state index >= 15 is 0 Å². The summed E-state index contributed by atoms with van der Waals surface area (Å²) in [5.74, 6) is 0. The third kappa shape index (κ3) is 3.98. The van der Waals surface area contributed by atoms with Crippen molar-refractivity contribution in [1.82, 2.24) is 4.90 Å². The van der Waals surface area contributed by atoms with Crippen LogP contribution >= 0.6 is 11.6 Å². The van der Waals surface area contributed by atoms with E-state index in [2.05, 4.69) is 18.7 Å². The van der Waals surface area contributed by atoms with E-state index in [4.69, 9.17) is 11.6 Å². The van der Waals surface area contributed by atoms with Gasteiger partial charge < -0.3 is 4.90 Å². The summed E-state index contributed by atoms with van der Waals surface area (Å²) in [6, 6.07) is 6.43. The molecule has 0 aliphatic heterocycles. The van der Waals surface area contributed by atoms with Gasteiger partial charge in [0.1, 0.15) is 0 Å². The monoisotopic (exact) mass is 256 g/mol. The molecule has 1 aromatic carbocycles. The summed E-state index contributed by atoms with van der Waals surface area (Å²) in [4.78, 5) is 12.3. The highest BCUT2D eigenvalue weighted by Crippen LogP contribution is 2.23. The van der Waals surface area contributed by atoms with Gasteiger partial charge >= 0.3 is 0 Å². The van der Waals surface area contributed by atoms with Crippen molar-refractivity contribution in [2.75, 3.05) is 19.6 Å². The number of hydrogen-bond donors (Lipinski definition) is 0. The van der Waals surface area contributed by atoms with Crippen LogP contribution < -0.4 is 0 Å². The van der Waals surface area contributed by atoms with E-state index in [1.54, 1.807) is 12.1 Å². The first kappa shape index (κ1) is 13.9. The van der Waals surface area contributed by atoms with Gasteiger partial charge in [-0.15, -0.1) is 11.6 Å². The number of non-ortho nitro benzene ring substituents is 1. The second-order valence-corrected chi connectivity index (χ2v) is 4.33. The fourth-order valence-electron chi connectivity index (χ4n) is 1.62. The smallest absolute Gasteiger partial charge is 0.269 e. The number of nitrogens with zero attached hydrogens (tertiary/aromatic N) is 2. The molecule has 0 saturated heterocycles. The second-order valence-electron chi connectivity index (χ2n) is 3.80. The van der Waals surface area contributed by atoms with E-state index in [1.807, 2.05) is 0 Å². The Bertz CT molecular complexity index is 363. The molecule has 5 heteroatoms. The number of halogens is 1. The number of benzene rings is 1. The van der Waals surface area contributed by atoms with Gasteiger partial charge in [-0.2, -0.15) is 0 Å². The average molecular weight is 257 g/mol. The summed E-state index contributed by atoms with van der Waals surface area (Å²) in [6.07, 6.45) is 0. The predicted octanol–water partition coefficient (Wildman–Crippen LogP) is 3.22. The minimum atomic E-state index is -0.405. The fraction of sp³-hybridized carbons (Fsp3) is 0.500. The Morgan fingerprint density at radius 1 is 1.29 bits per heavy atom. The maximum atomic E-state index is 10.5. The SMILES string of the molecule is CCN(CC)CC(Cl)c1ccc([N+](=O)[O-])cc1. The van der Waals surface area contributed by atoms with E-state index in [9.17, 15) is 10.1 Å². The zero-order chi connectivity index (χ0) is 12.8. The van der Waals surface area contributed by atoms with Crippen LogP contribution in [-0.4, -0.2) is 29.5 Å². The molecule has 1 atom stereocenters. The van der Waals surface area contributed by atoms with Gasteiger partial charge in [-0.25, -0.2) is 0 Å². The molecule has 1 aromatic rings. The molecular weight excluding hydrogens is 240 g/mol. The first-order valence-electron chi connectivity index (χ1n) is 5.69. The van der Waals surface area contributed by atoms with Gasteiger partial charge in [0.05, 0.1) is 10.3 Å². The van der Waals surface area contributed by atoms with Crippen LogP contribution in [0.1, 0.15) is 24.8 Å². The zero-order valence-corrected chi connectivity index (χ0v) is 10.9. The molecule has 1 rings (SSSR count). The summed E-state index contributed by atoms with van der Waals surface area (Å²) >= 11 is 6.28. The Labute approximate surface area is 106 Å². The molecule has 0 aliphatic rings. The third-order valence-electron chi connectivity index (χ3n) is 2.78. The van der Waals surface area contributed by atoms with Gasteiger partial charge in [0, 0.05) is 18.7 Å². The first-order valence-corrected chi connectivity index (χ1v) is 6.12. The van der Waals surface area contributed by atoms with Gasteiger partial charge in [0.2, 0.25) is 0 Å². The second kappa shape index (κ2) is 6.57. The van der Waals surface area contributed by atoms with Gasteiger partial charge in [-0.1, -0.05) is 26.0 Å². The van der Waals surface area contributed by atoms with Crippen molar-refractivity contribution < 1.29 is 4.92 Å². The molecule has 4 nitrogen and oxygen atoms in total. The Morgan fingerprint density at radius 3 is 2.24 bits per heavy atom. The molecule has 1 unspecified atom stereocenters. The summed E-state index contributed by atoms with van der Waals surface area (Å²) in [7, 11) is 0. The van der Waals surface area contributed by atoms with Crippen molar-refractivity contribution in [2.24, 2.45) is 0 Å². The highest BCUT2D eigenvalue weighted by Gasteiger charge is 2.13. The summed E-state index contributed by atoms with van der Waals surface area (Å²) in [6.45, 7) is 6.83. The maximum absolute atomic E-state index is 10.5. The quantitative estimate of drug-likeness (QED) is 0.446. The van der Waals surface area contributed by atoms with E-state index in [-0.39, 0.29) is 11.1 Å². The van der Waals surface area contributed by atoms with Gasteiger partial charge in [0.25, 0.3) is 5.69 Å². The minimum absolute atomic E-state index is 0.0976. The molecule has 0 bridgehead atoms. The van der Waals surface area contributed by atoms with Crippen molar-refractivity contribution in [1.29, 1.82) is 0 Å². The number of rotatable bonds is 6. The largest absolute Gasteiger partial charge is 0.302 e. The lowest BCUT2D eigenvalue weighted by Crippen LogP contribution is -2.26. The molecule has 0 N–H and O–H groups in total. The van der Waals surface area contributed by atoms with Crippen molar-refractivity contribution in [3.63, 3.8) is 0 Å². The molecular formula is C12H17ClN2O2. The number of nitro benzene ring substituents is 1. The number of alkyl halides is 1. The van der Waals surface area contributed by atoms with Gasteiger partial charge in [0.15, 0.2) is 0 Å². The van der Waals surface area contributed by atoms with Crippen molar-refractivity contribution >= 4 is 17.3 Å². The molecule has 0 radical (unpaired) electrons. The van der Waals surface area contributed by atoms with Crippen LogP contribution in [0.3, 0.4) is 0 Å². The molecule has 0 aliphatic carbocycles. The van der Waals surface area contributed by atoms with Crippen LogP contribution in [-0.2, 0) is 0 Å². The summed E-state index contributed by atoms with van der Waals surface area (Å²) in [5.41, 5.74) is 1.02. The lowest BCUT2D eigenvalue weighted by Gasteiger charge is -2.21. The lowest BCUT2D eigenvalue weighted by atomic mass is 10.1. The van der Waals surface area contributed by atoms with Crippen LogP contribution in [0.25, 0.3) is 0 Å². The molecule has 0 fully saturated rings. The zero-order valence-electron chi connectivity index (χ0n) is 10.1. The topological polar surface area (TPSA) is 46.4 Å². The van der Waals surface area contributed by atoms with E-state index in [0.717, 1.165) is 25.2 Å². The van der Waals surface area contributed by atoms with Crippen LogP contribution in [0, 0.1) is 10.1 Å². The number of likely N-dealkylation sites (N-methyl/N-ethyl adjacent to an activating group) is 1. The Kier molecular flexibility index (Phi) is 5.38. The predicted molar refractivity (Wildman–Crippen MR) is 69.5 cm³/mol. The van der Waals surface area contributed by atoms with Gasteiger partial charge in [-0.3, -0.25) is 10.1 Å². The Hall–Kier alpha value is -1.13. The molecule has 0 spiro atoms. The average Bonchev–Trinajstić information content (AvgIpc) is 2.35. The van der Waals surface area contributed by atoms with Crippen LogP contribution in [0.15, 0.2) is 24.3 Å². The normalized spacial score (nSPS) is 12.7. The molecule has 17 heavy (non-hydrogen) atoms. The van der Waals surface area contributed by atoms with Crippen molar-refractivity contribution in [3.8, 4) is 0 Å². The summed E-state index contributed by atoms with van der Waals surface area (Å²) in [5, 5.41) is 10.4. The van der Waals surface area contributed by atoms with Crippen LogP contribution in [0.4, 0.5) is 5.69 Å². The Balaban J connectivity index is 2.69. The van der Waals surface area contributed by atoms with E-state index < -0.39 is 4.92 Å². The molecule has 94 valence electrons. The first-order chi connectivity index (χ1) is 8.08. The fourth-order valence-corrected chi connectivity index (χ4v) is 1.96. The number of nitro groups is 1. The van der Waals surface area contributed by atoms with E-state index in [0.29, 0.717) is 0 Å². The summed E-state index contributed by atoms with van der Waals surface area (Å²) < 4.78 is 0. The maximum Gasteiger partial charge on any atom is 0.269 e. The lowest BCUT2D eigenvalue weighted by molar-refractivity contribution is -0.384. The number of hydrogen-bond acceptors (Lipinski definition) is 3. The standard InChI is InChI=1S/C12H17ClN2O2/c1-3-14(4-2)9-12(13)10-5-7-11(8-6-10)15(16)17/h5-8,12H,3-4,9H2,1-2H3. The molecule has 0 heterocycles.